The number of piperidine rings is 1. The highest BCUT2D eigenvalue weighted by Gasteiger charge is 2.27. The average molecular weight is 255 g/mol. The Hall–Kier alpha value is -1.21. The van der Waals surface area contributed by atoms with Gasteiger partial charge in [-0.2, -0.15) is 0 Å². The van der Waals surface area contributed by atoms with Crippen LogP contribution in [0.5, 0.6) is 0 Å². The number of hydrogen-bond donors (Lipinski definition) is 2. The molecule has 1 saturated heterocycles. The lowest BCUT2D eigenvalue weighted by Gasteiger charge is -2.32. The van der Waals surface area contributed by atoms with E-state index < -0.39 is 0 Å². The third-order valence-electron chi connectivity index (χ3n) is 2.96. The van der Waals surface area contributed by atoms with Gasteiger partial charge in [-0.15, -0.1) is 10.2 Å². The largest absolute Gasteiger partial charge is 0.368 e. The molecule has 1 aliphatic heterocycles. The van der Waals surface area contributed by atoms with Gasteiger partial charge in [0, 0.05) is 7.05 Å². The van der Waals surface area contributed by atoms with Gasteiger partial charge < -0.3 is 11.1 Å². The highest BCUT2D eigenvalue weighted by atomic mass is 32.1. The van der Waals surface area contributed by atoms with Gasteiger partial charge in [0.25, 0.3) is 0 Å². The van der Waals surface area contributed by atoms with E-state index >= 15 is 0 Å². The van der Waals surface area contributed by atoms with E-state index in [0.717, 1.165) is 35.9 Å². The number of carbonyl (C=O) groups is 1. The summed E-state index contributed by atoms with van der Waals surface area (Å²) >= 11 is 1.51. The molecule has 1 aromatic rings. The van der Waals surface area contributed by atoms with Crippen molar-refractivity contribution in [3.63, 3.8) is 0 Å². The van der Waals surface area contributed by atoms with Gasteiger partial charge in [0.2, 0.25) is 11.0 Å². The van der Waals surface area contributed by atoms with Gasteiger partial charge in [0.1, 0.15) is 5.01 Å². The Morgan fingerprint density at radius 3 is 3.06 bits per heavy atom. The second-order valence-electron chi connectivity index (χ2n) is 4.14. The predicted octanol–water partition coefficient (Wildman–Crippen LogP) is 0.420. The topological polar surface area (TPSA) is 84.1 Å². The van der Waals surface area contributed by atoms with E-state index in [1.807, 2.05) is 7.05 Å². The molecule has 7 heteroatoms. The Bertz CT molecular complexity index is 394. The fourth-order valence-electron chi connectivity index (χ4n) is 2.09. The van der Waals surface area contributed by atoms with Gasteiger partial charge in [0.05, 0.1) is 12.6 Å². The fourth-order valence-corrected chi connectivity index (χ4v) is 2.81. The van der Waals surface area contributed by atoms with Crippen LogP contribution < -0.4 is 11.1 Å². The molecule has 17 heavy (non-hydrogen) atoms. The molecule has 0 saturated carbocycles. The molecular formula is C10H17N5OS. The third-order valence-corrected chi connectivity index (χ3v) is 3.89. The molecule has 1 aliphatic rings. The number of aromatic nitrogens is 2. The number of anilines is 1. The monoisotopic (exact) mass is 255 g/mol. The average Bonchev–Trinajstić information content (AvgIpc) is 2.77. The zero-order chi connectivity index (χ0) is 12.3. The lowest BCUT2D eigenvalue weighted by molar-refractivity contribution is -0.124. The van der Waals surface area contributed by atoms with Gasteiger partial charge in [-0.25, -0.2) is 0 Å². The Balaban J connectivity index is 2.02. The summed E-state index contributed by atoms with van der Waals surface area (Å²) in [4.78, 5) is 13.5. The van der Waals surface area contributed by atoms with Crippen LogP contribution in [0.25, 0.3) is 0 Å². The molecule has 0 radical (unpaired) electrons. The number of nitrogens with zero attached hydrogens (tertiary/aromatic N) is 3. The van der Waals surface area contributed by atoms with Crippen LogP contribution in [-0.4, -0.2) is 40.6 Å². The molecule has 6 nitrogen and oxygen atoms in total. The second-order valence-corrected chi connectivity index (χ2v) is 5.20. The van der Waals surface area contributed by atoms with Crippen LogP contribution in [0.1, 0.15) is 24.3 Å². The Labute approximate surface area is 104 Å². The maximum absolute atomic E-state index is 11.4. The summed E-state index contributed by atoms with van der Waals surface area (Å²) in [7, 11) is 1.82. The van der Waals surface area contributed by atoms with E-state index in [0.29, 0.717) is 6.54 Å². The minimum absolute atomic E-state index is 0.148. The van der Waals surface area contributed by atoms with Crippen molar-refractivity contribution < 1.29 is 4.79 Å². The highest BCUT2D eigenvalue weighted by Crippen LogP contribution is 2.22. The molecule has 2 rings (SSSR count). The van der Waals surface area contributed by atoms with Crippen molar-refractivity contribution in [2.75, 3.05) is 18.9 Å². The number of rotatable bonds is 4. The van der Waals surface area contributed by atoms with E-state index in [2.05, 4.69) is 20.4 Å². The molecule has 0 bridgehead atoms. The van der Waals surface area contributed by atoms with E-state index in [1.165, 1.54) is 11.3 Å². The van der Waals surface area contributed by atoms with E-state index in [1.54, 1.807) is 0 Å². The maximum Gasteiger partial charge on any atom is 0.234 e. The zero-order valence-electron chi connectivity index (χ0n) is 9.85. The number of amides is 1. The normalized spacial score (nSPS) is 21.4. The first kappa shape index (κ1) is 12.3. The first-order valence-corrected chi connectivity index (χ1v) is 6.56. The van der Waals surface area contributed by atoms with Crippen LogP contribution in [0.15, 0.2) is 0 Å². The van der Waals surface area contributed by atoms with Gasteiger partial charge >= 0.3 is 0 Å². The van der Waals surface area contributed by atoms with Crippen molar-refractivity contribution in [1.82, 2.24) is 15.1 Å². The van der Waals surface area contributed by atoms with Gasteiger partial charge in [0.15, 0.2) is 0 Å². The van der Waals surface area contributed by atoms with Crippen molar-refractivity contribution in [3.05, 3.63) is 5.01 Å². The smallest absolute Gasteiger partial charge is 0.234 e. The van der Waals surface area contributed by atoms with Gasteiger partial charge in [-0.05, 0) is 19.4 Å². The molecule has 1 atom stereocenters. The Kier molecular flexibility index (Phi) is 3.90. The number of hydrogen-bond acceptors (Lipinski definition) is 6. The minimum Gasteiger partial charge on any atom is -0.368 e. The summed E-state index contributed by atoms with van der Waals surface area (Å²) in [6.45, 7) is 1.56. The summed E-state index contributed by atoms with van der Waals surface area (Å²) in [5, 5.41) is 12.7. The number of nitrogens with one attached hydrogen (secondary N) is 1. The summed E-state index contributed by atoms with van der Waals surface area (Å²) in [6.07, 6.45) is 3.04. The van der Waals surface area contributed by atoms with Crippen LogP contribution in [0.4, 0.5) is 5.13 Å². The first-order chi connectivity index (χ1) is 8.20. The molecule has 94 valence electrons. The molecule has 0 spiro atoms. The van der Waals surface area contributed by atoms with E-state index in [9.17, 15) is 4.79 Å². The van der Waals surface area contributed by atoms with Gasteiger partial charge in [-0.3, -0.25) is 9.69 Å². The quantitative estimate of drug-likeness (QED) is 0.814. The molecule has 1 aromatic heterocycles. The summed E-state index contributed by atoms with van der Waals surface area (Å²) in [5.41, 5.74) is 5.42. The summed E-state index contributed by atoms with van der Waals surface area (Å²) < 4.78 is 0. The number of primary amides is 1. The van der Waals surface area contributed by atoms with Crippen molar-refractivity contribution in [1.29, 1.82) is 0 Å². The van der Waals surface area contributed by atoms with E-state index in [-0.39, 0.29) is 11.9 Å². The SMILES string of the molecule is CNc1nnc(CN2CCCCC2C(N)=O)s1. The van der Waals surface area contributed by atoms with Crippen LogP contribution in [0, 0.1) is 0 Å². The lowest BCUT2D eigenvalue weighted by atomic mass is 10.0. The van der Waals surface area contributed by atoms with Crippen LogP contribution >= 0.6 is 11.3 Å². The standard InChI is InChI=1S/C10H17N5OS/c1-12-10-14-13-8(17-10)6-15-5-3-2-4-7(15)9(11)16/h7H,2-6H2,1H3,(H2,11,16)(H,12,14). The summed E-state index contributed by atoms with van der Waals surface area (Å²) in [6, 6.07) is -0.148. The second kappa shape index (κ2) is 5.42. The van der Waals surface area contributed by atoms with Crippen molar-refractivity contribution in [2.24, 2.45) is 5.73 Å². The molecule has 3 N–H and O–H groups in total. The molecule has 1 amide bonds. The Morgan fingerprint density at radius 2 is 2.41 bits per heavy atom. The van der Waals surface area contributed by atoms with Crippen molar-refractivity contribution >= 4 is 22.4 Å². The number of carbonyl (C=O) groups excluding carboxylic acids is 1. The molecule has 1 unspecified atom stereocenters. The number of nitrogens with two attached hydrogens (primary N) is 1. The van der Waals surface area contributed by atoms with Crippen LogP contribution in [-0.2, 0) is 11.3 Å². The van der Waals surface area contributed by atoms with Crippen molar-refractivity contribution in [2.45, 2.75) is 31.8 Å². The van der Waals surface area contributed by atoms with Crippen LogP contribution in [0.3, 0.4) is 0 Å². The minimum atomic E-state index is -0.233. The molecule has 0 aliphatic carbocycles. The van der Waals surface area contributed by atoms with E-state index in [4.69, 9.17) is 5.73 Å². The molecular weight excluding hydrogens is 238 g/mol. The third kappa shape index (κ3) is 2.92. The fraction of sp³-hybridized carbons (Fsp3) is 0.700. The number of likely N-dealkylation sites (tertiary alicyclic amines) is 1. The maximum atomic E-state index is 11.4. The lowest BCUT2D eigenvalue weighted by Crippen LogP contribution is -2.47. The zero-order valence-corrected chi connectivity index (χ0v) is 10.7. The van der Waals surface area contributed by atoms with Crippen molar-refractivity contribution in [3.8, 4) is 0 Å². The highest BCUT2D eigenvalue weighted by molar-refractivity contribution is 7.15. The first-order valence-electron chi connectivity index (χ1n) is 5.74. The predicted molar refractivity (Wildman–Crippen MR) is 66.7 cm³/mol. The molecule has 0 aromatic carbocycles. The Morgan fingerprint density at radius 1 is 1.59 bits per heavy atom. The molecule has 1 fully saturated rings. The summed E-state index contributed by atoms with van der Waals surface area (Å²) in [5.74, 6) is -0.233. The molecule has 2 heterocycles. The van der Waals surface area contributed by atoms with Crippen LogP contribution in [0.2, 0.25) is 0 Å². The van der Waals surface area contributed by atoms with Gasteiger partial charge in [-0.1, -0.05) is 17.8 Å².